The van der Waals surface area contributed by atoms with Crippen LogP contribution >= 0.6 is 11.6 Å². The highest BCUT2D eigenvalue weighted by Crippen LogP contribution is 2.23. The first-order valence-corrected chi connectivity index (χ1v) is 6.54. The van der Waals surface area contributed by atoms with Crippen LogP contribution in [-0.4, -0.2) is 34.1 Å². The van der Waals surface area contributed by atoms with Crippen LogP contribution in [0.1, 0.15) is 6.42 Å². The molecule has 0 unspecified atom stereocenters. The average Bonchev–Trinajstić information content (AvgIpc) is 2.93. The van der Waals surface area contributed by atoms with Gasteiger partial charge >= 0.3 is 6.03 Å². The Labute approximate surface area is 121 Å². The van der Waals surface area contributed by atoms with E-state index in [-0.39, 0.29) is 12.6 Å². The molecule has 3 N–H and O–H groups in total. The summed E-state index contributed by atoms with van der Waals surface area (Å²) in [5.41, 5.74) is 1.33. The number of hydrogen-bond donors (Lipinski definition) is 3. The number of anilines is 1. The third-order valence-electron chi connectivity index (χ3n) is 2.58. The summed E-state index contributed by atoms with van der Waals surface area (Å²) >= 11 is 6.17. The summed E-state index contributed by atoms with van der Waals surface area (Å²) in [6, 6.07) is 6.65. The molecular weight excluding hydrogens is 280 g/mol. The van der Waals surface area contributed by atoms with Crippen molar-refractivity contribution in [3.63, 3.8) is 0 Å². The molecule has 0 radical (unpaired) electrons. The quantitative estimate of drug-likeness (QED) is 0.738. The van der Waals surface area contributed by atoms with E-state index in [1.807, 2.05) is 0 Å². The first kappa shape index (κ1) is 14.4. The Hall–Kier alpha value is -2.05. The Morgan fingerprint density at radius 1 is 1.45 bits per heavy atom. The SMILES string of the molecule is O=C(NCCCO)Nc1ccc(-n2cccn2)c(Cl)c1. The molecule has 2 amide bonds. The molecule has 0 bridgehead atoms. The average molecular weight is 295 g/mol. The highest BCUT2D eigenvalue weighted by molar-refractivity contribution is 6.32. The Balaban J connectivity index is 2.00. The van der Waals surface area contributed by atoms with Crippen LogP contribution in [0.25, 0.3) is 5.69 Å². The molecule has 1 heterocycles. The minimum Gasteiger partial charge on any atom is -0.396 e. The lowest BCUT2D eigenvalue weighted by Crippen LogP contribution is -2.29. The molecule has 0 aliphatic rings. The number of nitrogens with zero attached hydrogens (tertiary/aromatic N) is 2. The van der Waals surface area contributed by atoms with Gasteiger partial charge in [0.25, 0.3) is 0 Å². The molecule has 0 saturated carbocycles. The van der Waals surface area contributed by atoms with Gasteiger partial charge in [-0.25, -0.2) is 9.48 Å². The number of carbonyl (C=O) groups excluding carboxylic acids is 1. The van der Waals surface area contributed by atoms with E-state index in [2.05, 4.69) is 15.7 Å². The van der Waals surface area contributed by atoms with Gasteiger partial charge in [0.1, 0.15) is 0 Å². The van der Waals surface area contributed by atoms with Crippen LogP contribution in [0.5, 0.6) is 0 Å². The van der Waals surface area contributed by atoms with Crippen LogP contribution in [-0.2, 0) is 0 Å². The smallest absolute Gasteiger partial charge is 0.319 e. The van der Waals surface area contributed by atoms with Crippen molar-refractivity contribution < 1.29 is 9.90 Å². The molecule has 0 atom stereocenters. The van der Waals surface area contributed by atoms with Gasteiger partial charge in [0.05, 0.1) is 10.7 Å². The summed E-state index contributed by atoms with van der Waals surface area (Å²) in [7, 11) is 0. The van der Waals surface area contributed by atoms with Crippen molar-refractivity contribution in [2.45, 2.75) is 6.42 Å². The zero-order valence-electron chi connectivity index (χ0n) is 10.7. The van der Waals surface area contributed by atoms with Crippen molar-refractivity contribution in [3.05, 3.63) is 41.7 Å². The molecule has 106 valence electrons. The lowest BCUT2D eigenvalue weighted by molar-refractivity contribution is 0.249. The van der Waals surface area contributed by atoms with Crippen LogP contribution < -0.4 is 10.6 Å². The molecule has 0 aliphatic carbocycles. The van der Waals surface area contributed by atoms with Crippen molar-refractivity contribution in [2.24, 2.45) is 0 Å². The van der Waals surface area contributed by atoms with E-state index in [0.717, 1.165) is 5.69 Å². The van der Waals surface area contributed by atoms with Crippen LogP contribution in [0, 0.1) is 0 Å². The second-order valence-electron chi connectivity index (χ2n) is 4.07. The normalized spacial score (nSPS) is 10.3. The summed E-state index contributed by atoms with van der Waals surface area (Å²) in [6.07, 6.45) is 3.97. The molecule has 20 heavy (non-hydrogen) atoms. The van der Waals surface area contributed by atoms with Crippen LogP contribution in [0.15, 0.2) is 36.7 Å². The zero-order chi connectivity index (χ0) is 14.4. The zero-order valence-corrected chi connectivity index (χ0v) is 11.5. The van der Waals surface area contributed by atoms with Crippen molar-refractivity contribution >= 4 is 23.3 Å². The number of nitrogens with one attached hydrogen (secondary N) is 2. The minimum absolute atomic E-state index is 0.0463. The Bertz CT molecular complexity index is 572. The fourth-order valence-electron chi connectivity index (χ4n) is 1.64. The van der Waals surface area contributed by atoms with E-state index < -0.39 is 0 Å². The molecular formula is C13H15ClN4O2. The number of rotatable bonds is 5. The Kier molecular flexibility index (Phi) is 4.97. The fourth-order valence-corrected chi connectivity index (χ4v) is 1.91. The summed E-state index contributed by atoms with van der Waals surface area (Å²) in [5.74, 6) is 0. The van der Waals surface area contributed by atoms with Crippen molar-refractivity contribution in [1.29, 1.82) is 0 Å². The number of carbonyl (C=O) groups is 1. The van der Waals surface area contributed by atoms with Gasteiger partial charge in [-0.2, -0.15) is 5.10 Å². The molecule has 0 aliphatic heterocycles. The molecule has 0 saturated heterocycles. The van der Waals surface area contributed by atoms with Crippen LogP contribution in [0.2, 0.25) is 5.02 Å². The molecule has 2 aromatic rings. The van der Waals surface area contributed by atoms with Gasteiger partial charge in [0.15, 0.2) is 0 Å². The van der Waals surface area contributed by atoms with E-state index in [1.54, 1.807) is 41.3 Å². The first-order chi connectivity index (χ1) is 9.70. The predicted octanol–water partition coefficient (Wildman–Crippen LogP) is 2.03. The monoisotopic (exact) mass is 294 g/mol. The largest absolute Gasteiger partial charge is 0.396 e. The minimum atomic E-state index is -0.332. The fraction of sp³-hybridized carbons (Fsp3) is 0.231. The molecule has 6 nitrogen and oxygen atoms in total. The number of aromatic nitrogens is 2. The number of amides is 2. The summed E-state index contributed by atoms with van der Waals surface area (Å²) in [5, 5.41) is 18.5. The van der Waals surface area contributed by atoms with Gasteiger partial charge in [-0.15, -0.1) is 0 Å². The van der Waals surface area contributed by atoms with E-state index in [1.165, 1.54) is 0 Å². The van der Waals surface area contributed by atoms with Gasteiger partial charge in [-0.05, 0) is 30.7 Å². The summed E-state index contributed by atoms with van der Waals surface area (Å²) in [4.78, 5) is 11.5. The lowest BCUT2D eigenvalue weighted by Gasteiger charge is -2.09. The first-order valence-electron chi connectivity index (χ1n) is 6.16. The predicted molar refractivity (Wildman–Crippen MR) is 77.3 cm³/mol. The highest BCUT2D eigenvalue weighted by atomic mass is 35.5. The van der Waals surface area contributed by atoms with Gasteiger partial charge in [-0.1, -0.05) is 11.6 Å². The third kappa shape index (κ3) is 3.72. The summed E-state index contributed by atoms with van der Waals surface area (Å²) in [6.45, 7) is 0.464. The van der Waals surface area contributed by atoms with Gasteiger partial charge in [0.2, 0.25) is 0 Å². The Morgan fingerprint density at radius 3 is 2.95 bits per heavy atom. The van der Waals surface area contributed by atoms with Crippen molar-refractivity contribution in [1.82, 2.24) is 15.1 Å². The maximum Gasteiger partial charge on any atom is 0.319 e. The number of aliphatic hydroxyl groups is 1. The van der Waals surface area contributed by atoms with Gasteiger partial charge in [0, 0.05) is 31.2 Å². The molecule has 2 rings (SSSR count). The van der Waals surface area contributed by atoms with E-state index >= 15 is 0 Å². The Morgan fingerprint density at radius 2 is 2.30 bits per heavy atom. The van der Waals surface area contributed by atoms with E-state index in [9.17, 15) is 4.79 Å². The lowest BCUT2D eigenvalue weighted by atomic mass is 10.3. The maximum absolute atomic E-state index is 11.5. The van der Waals surface area contributed by atoms with Crippen LogP contribution in [0.3, 0.4) is 0 Å². The topological polar surface area (TPSA) is 79.2 Å². The maximum atomic E-state index is 11.5. The van der Waals surface area contributed by atoms with Gasteiger partial charge in [-0.3, -0.25) is 0 Å². The van der Waals surface area contributed by atoms with Crippen LogP contribution in [0.4, 0.5) is 10.5 Å². The van der Waals surface area contributed by atoms with E-state index in [4.69, 9.17) is 16.7 Å². The highest BCUT2D eigenvalue weighted by Gasteiger charge is 2.06. The molecule has 1 aromatic carbocycles. The molecule has 7 heteroatoms. The number of halogens is 1. The number of benzene rings is 1. The number of urea groups is 1. The number of hydrogen-bond acceptors (Lipinski definition) is 3. The summed E-state index contributed by atoms with van der Waals surface area (Å²) < 4.78 is 1.65. The number of aliphatic hydroxyl groups excluding tert-OH is 1. The molecule has 0 spiro atoms. The molecule has 1 aromatic heterocycles. The molecule has 0 fully saturated rings. The standard InChI is InChI=1S/C13H15ClN4O2/c14-11-9-10(17-13(20)15-5-2-8-19)3-4-12(11)18-7-1-6-16-18/h1,3-4,6-7,9,19H,2,5,8H2,(H2,15,17,20). The second kappa shape index (κ2) is 6.93. The van der Waals surface area contributed by atoms with Crippen molar-refractivity contribution in [2.75, 3.05) is 18.5 Å². The third-order valence-corrected chi connectivity index (χ3v) is 2.88. The second-order valence-corrected chi connectivity index (χ2v) is 4.48. The van der Waals surface area contributed by atoms with E-state index in [0.29, 0.717) is 23.7 Å². The van der Waals surface area contributed by atoms with Crippen molar-refractivity contribution in [3.8, 4) is 5.69 Å². The van der Waals surface area contributed by atoms with Gasteiger partial charge < -0.3 is 15.7 Å².